The Labute approximate surface area is 142 Å². The quantitative estimate of drug-likeness (QED) is 0.520. The van der Waals surface area contributed by atoms with Crippen molar-refractivity contribution in [2.45, 2.75) is 71.8 Å². The normalized spacial score (nSPS) is 12.3. The molecule has 0 atom stereocenters. The van der Waals surface area contributed by atoms with Crippen molar-refractivity contribution >= 4 is 6.08 Å². The van der Waals surface area contributed by atoms with E-state index in [2.05, 4.69) is 65.0 Å². The summed E-state index contributed by atoms with van der Waals surface area (Å²) in [4.78, 5) is 0. The molecule has 1 rings (SSSR count). The van der Waals surface area contributed by atoms with Crippen LogP contribution in [0.1, 0.15) is 71.4 Å². The summed E-state index contributed by atoms with van der Waals surface area (Å²) >= 11 is 0. The van der Waals surface area contributed by atoms with Crippen molar-refractivity contribution in [3.05, 3.63) is 35.4 Å². The Hall–Kier alpha value is -1.28. The molecule has 2 nitrogen and oxygen atoms in total. The van der Waals surface area contributed by atoms with E-state index >= 15 is 0 Å². The van der Waals surface area contributed by atoms with Crippen molar-refractivity contribution in [3.8, 4) is 5.75 Å². The van der Waals surface area contributed by atoms with E-state index in [1.807, 2.05) is 0 Å². The van der Waals surface area contributed by atoms with Gasteiger partial charge in [0.25, 0.3) is 0 Å². The molecule has 0 aliphatic heterocycles. The highest BCUT2D eigenvalue weighted by Crippen LogP contribution is 2.28. The van der Waals surface area contributed by atoms with E-state index in [4.69, 9.17) is 9.47 Å². The van der Waals surface area contributed by atoms with Gasteiger partial charge in [-0.2, -0.15) is 0 Å². The van der Waals surface area contributed by atoms with Crippen LogP contribution in [0.2, 0.25) is 0 Å². The fourth-order valence-electron chi connectivity index (χ4n) is 2.40. The fourth-order valence-corrected chi connectivity index (χ4v) is 2.40. The van der Waals surface area contributed by atoms with Crippen LogP contribution >= 0.6 is 0 Å². The van der Waals surface area contributed by atoms with Crippen LogP contribution in [0.15, 0.2) is 24.3 Å². The molecule has 0 radical (unpaired) electrons. The van der Waals surface area contributed by atoms with Gasteiger partial charge in [-0.05, 0) is 56.2 Å². The van der Waals surface area contributed by atoms with Gasteiger partial charge >= 0.3 is 0 Å². The summed E-state index contributed by atoms with van der Waals surface area (Å²) in [5.41, 5.74) is 2.66. The van der Waals surface area contributed by atoms with Gasteiger partial charge in [-0.15, -0.1) is 0 Å². The molecule has 0 bridgehead atoms. The molecule has 0 amide bonds. The van der Waals surface area contributed by atoms with Crippen LogP contribution in [0, 0.1) is 0 Å². The monoisotopic (exact) mass is 318 g/mol. The first-order valence-corrected chi connectivity index (χ1v) is 8.81. The van der Waals surface area contributed by atoms with Crippen LogP contribution < -0.4 is 4.74 Å². The maximum absolute atomic E-state index is 5.56. The molecule has 1 aromatic carbocycles. The lowest BCUT2D eigenvalue weighted by atomic mass is 9.86. The van der Waals surface area contributed by atoms with Crippen molar-refractivity contribution in [1.29, 1.82) is 0 Å². The van der Waals surface area contributed by atoms with E-state index in [9.17, 15) is 0 Å². The Morgan fingerprint density at radius 2 is 1.83 bits per heavy atom. The summed E-state index contributed by atoms with van der Waals surface area (Å²) in [6.07, 6.45) is 9.47. The Morgan fingerprint density at radius 1 is 1.09 bits per heavy atom. The highest BCUT2D eigenvalue weighted by molar-refractivity contribution is 5.59. The van der Waals surface area contributed by atoms with Crippen LogP contribution in [0.25, 0.3) is 6.08 Å². The van der Waals surface area contributed by atoms with Crippen LogP contribution in [-0.2, 0) is 10.2 Å². The predicted octanol–water partition coefficient (Wildman–Crippen LogP) is 5.99. The first kappa shape index (κ1) is 19.8. The summed E-state index contributed by atoms with van der Waals surface area (Å²) in [5, 5.41) is 0. The molecule has 0 aliphatic carbocycles. The Kier molecular flexibility index (Phi) is 8.40. The smallest absolute Gasteiger partial charge is 0.126 e. The van der Waals surface area contributed by atoms with Gasteiger partial charge in [0.05, 0.1) is 13.2 Å². The van der Waals surface area contributed by atoms with Gasteiger partial charge in [-0.25, -0.2) is 0 Å². The van der Waals surface area contributed by atoms with Gasteiger partial charge < -0.3 is 9.47 Å². The van der Waals surface area contributed by atoms with E-state index in [-0.39, 0.29) is 5.41 Å². The topological polar surface area (TPSA) is 18.5 Å². The molecule has 130 valence electrons. The lowest BCUT2D eigenvalue weighted by Crippen LogP contribution is -2.11. The number of unbranched alkanes of at least 4 members (excludes halogenated alkanes) is 3. The molecule has 1 aromatic rings. The molecule has 0 fully saturated rings. The zero-order valence-corrected chi connectivity index (χ0v) is 15.8. The third-order valence-electron chi connectivity index (χ3n) is 3.86. The van der Waals surface area contributed by atoms with Crippen molar-refractivity contribution < 1.29 is 9.47 Å². The lowest BCUT2D eigenvalue weighted by Gasteiger charge is -2.20. The highest BCUT2D eigenvalue weighted by Gasteiger charge is 2.14. The molecule has 0 N–H and O–H groups in total. The maximum atomic E-state index is 5.56. The Morgan fingerprint density at radius 3 is 2.43 bits per heavy atom. The van der Waals surface area contributed by atoms with E-state index in [1.165, 1.54) is 24.0 Å². The molecule has 0 saturated heterocycles. The zero-order valence-electron chi connectivity index (χ0n) is 15.8. The fraction of sp³-hybridized carbons (Fsp3) is 0.619. The number of ether oxygens (including phenoxy) is 2. The van der Waals surface area contributed by atoms with Gasteiger partial charge in [0.1, 0.15) is 5.75 Å². The second-order valence-corrected chi connectivity index (χ2v) is 7.38. The van der Waals surface area contributed by atoms with Crippen LogP contribution in [0.5, 0.6) is 5.75 Å². The summed E-state index contributed by atoms with van der Waals surface area (Å²) in [6, 6.07) is 6.47. The van der Waals surface area contributed by atoms with Crippen LogP contribution in [-0.4, -0.2) is 19.8 Å². The number of benzene rings is 1. The summed E-state index contributed by atoms with van der Waals surface area (Å²) in [6.45, 7) is 11.8. The highest BCUT2D eigenvalue weighted by atomic mass is 16.5. The van der Waals surface area contributed by atoms with Crippen LogP contribution in [0.3, 0.4) is 0 Å². The number of hydrogen-bond donors (Lipinski definition) is 0. The Balaban J connectivity index is 2.49. The van der Waals surface area contributed by atoms with Crippen molar-refractivity contribution in [2.75, 3.05) is 13.7 Å². The van der Waals surface area contributed by atoms with E-state index in [0.717, 1.165) is 25.2 Å². The molecule has 0 aliphatic rings. The second-order valence-electron chi connectivity index (χ2n) is 7.38. The standard InChI is InChI=1S/C21H34O2/c1-17(2)23-15-11-9-7-8-10-12-18-16-19(21(3,4)5)13-14-20(18)22-6/h10,12-14,16-17H,7-9,11,15H2,1-6H3. The molecular weight excluding hydrogens is 284 g/mol. The predicted molar refractivity (Wildman–Crippen MR) is 100 cm³/mol. The van der Waals surface area contributed by atoms with Crippen molar-refractivity contribution in [1.82, 2.24) is 0 Å². The number of allylic oxidation sites excluding steroid dienone is 1. The van der Waals surface area contributed by atoms with Gasteiger partial charge in [0.15, 0.2) is 0 Å². The summed E-state index contributed by atoms with van der Waals surface area (Å²) < 4.78 is 11.0. The summed E-state index contributed by atoms with van der Waals surface area (Å²) in [7, 11) is 1.73. The van der Waals surface area contributed by atoms with Crippen molar-refractivity contribution in [3.63, 3.8) is 0 Å². The first-order chi connectivity index (χ1) is 10.8. The minimum atomic E-state index is 0.158. The maximum Gasteiger partial charge on any atom is 0.126 e. The van der Waals surface area contributed by atoms with E-state index in [0.29, 0.717) is 6.10 Å². The third-order valence-corrected chi connectivity index (χ3v) is 3.86. The SMILES string of the molecule is COc1ccc(C(C)(C)C)cc1C=CCCCCCOC(C)C. The zero-order chi connectivity index (χ0) is 17.3. The number of hydrogen-bond acceptors (Lipinski definition) is 2. The van der Waals surface area contributed by atoms with E-state index in [1.54, 1.807) is 7.11 Å². The first-order valence-electron chi connectivity index (χ1n) is 8.81. The van der Waals surface area contributed by atoms with E-state index < -0.39 is 0 Å². The molecule has 0 heterocycles. The molecule has 23 heavy (non-hydrogen) atoms. The van der Waals surface area contributed by atoms with Crippen LogP contribution in [0.4, 0.5) is 0 Å². The average Bonchev–Trinajstić information content (AvgIpc) is 2.48. The number of methoxy groups -OCH3 is 1. The third kappa shape index (κ3) is 7.69. The van der Waals surface area contributed by atoms with Gasteiger partial charge in [-0.3, -0.25) is 0 Å². The van der Waals surface area contributed by atoms with Gasteiger partial charge in [0, 0.05) is 12.2 Å². The molecule has 0 spiro atoms. The second kappa shape index (κ2) is 9.77. The molecule has 2 heteroatoms. The number of rotatable bonds is 9. The minimum absolute atomic E-state index is 0.158. The van der Waals surface area contributed by atoms with Crippen molar-refractivity contribution in [2.24, 2.45) is 0 Å². The van der Waals surface area contributed by atoms with Gasteiger partial charge in [-0.1, -0.05) is 45.4 Å². The largest absolute Gasteiger partial charge is 0.496 e. The minimum Gasteiger partial charge on any atom is -0.496 e. The molecule has 0 saturated carbocycles. The summed E-state index contributed by atoms with van der Waals surface area (Å²) in [5.74, 6) is 0.944. The lowest BCUT2D eigenvalue weighted by molar-refractivity contribution is 0.0758. The molecule has 0 unspecified atom stereocenters. The molecular formula is C21H34O2. The molecule has 0 aromatic heterocycles. The van der Waals surface area contributed by atoms with Gasteiger partial charge in [0.2, 0.25) is 0 Å². The average molecular weight is 319 g/mol. The Bertz CT molecular complexity index is 481.